The topological polar surface area (TPSA) is 69.6 Å². The molecule has 6 heteroatoms. The van der Waals surface area contributed by atoms with Crippen molar-refractivity contribution >= 4 is 23.3 Å². The highest BCUT2D eigenvalue weighted by Crippen LogP contribution is 2.29. The van der Waals surface area contributed by atoms with E-state index in [4.69, 9.17) is 0 Å². The van der Waals surface area contributed by atoms with Crippen LogP contribution in [-0.4, -0.2) is 33.6 Å². The van der Waals surface area contributed by atoms with E-state index in [2.05, 4.69) is 5.32 Å². The van der Waals surface area contributed by atoms with Gasteiger partial charge in [0.05, 0.1) is 6.54 Å². The number of amides is 2. The number of urea groups is 1. The third-order valence-corrected chi connectivity index (χ3v) is 4.58. The lowest BCUT2D eigenvalue weighted by atomic mass is 10.00. The van der Waals surface area contributed by atoms with Crippen molar-refractivity contribution in [2.75, 3.05) is 0 Å². The number of carbonyl (C=O) groups is 2. The molecule has 20 heavy (non-hydrogen) atoms. The molecule has 1 aromatic rings. The molecule has 1 saturated carbocycles. The minimum Gasteiger partial charge on any atom is -0.480 e. The van der Waals surface area contributed by atoms with Gasteiger partial charge in [-0.1, -0.05) is 13.0 Å². The van der Waals surface area contributed by atoms with Crippen molar-refractivity contribution in [2.24, 2.45) is 0 Å². The van der Waals surface area contributed by atoms with Gasteiger partial charge in [0.2, 0.25) is 0 Å². The predicted molar refractivity (Wildman–Crippen MR) is 77.7 cm³/mol. The highest BCUT2D eigenvalue weighted by Gasteiger charge is 2.38. The van der Waals surface area contributed by atoms with Crippen molar-refractivity contribution in [3.05, 3.63) is 22.4 Å². The molecule has 1 aliphatic rings. The number of hydrogen-bond donors (Lipinski definition) is 2. The Hall–Kier alpha value is -1.56. The van der Waals surface area contributed by atoms with E-state index in [1.807, 2.05) is 17.5 Å². The third-order valence-electron chi connectivity index (χ3n) is 3.72. The number of rotatable bonds is 6. The lowest BCUT2D eigenvalue weighted by molar-refractivity contribution is -0.143. The largest absolute Gasteiger partial charge is 0.480 e. The van der Waals surface area contributed by atoms with Crippen LogP contribution in [-0.2, 0) is 11.3 Å². The molecule has 2 amide bonds. The number of carboxylic acids is 1. The van der Waals surface area contributed by atoms with E-state index in [0.717, 1.165) is 17.7 Å². The van der Waals surface area contributed by atoms with Crippen LogP contribution in [0, 0.1) is 0 Å². The van der Waals surface area contributed by atoms with Gasteiger partial charge in [0.25, 0.3) is 0 Å². The smallest absolute Gasteiger partial charge is 0.329 e. The second-order valence-corrected chi connectivity index (χ2v) is 6.39. The molecule has 1 aliphatic carbocycles. The van der Waals surface area contributed by atoms with Gasteiger partial charge in [-0.05, 0) is 37.6 Å². The van der Waals surface area contributed by atoms with Crippen molar-refractivity contribution in [1.29, 1.82) is 0 Å². The summed E-state index contributed by atoms with van der Waals surface area (Å²) in [7, 11) is 0. The first-order chi connectivity index (χ1) is 9.46. The molecule has 5 nitrogen and oxygen atoms in total. The molecule has 110 valence electrons. The Bertz CT molecular complexity index is 485. The summed E-state index contributed by atoms with van der Waals surface area (Å²) >= 11 is 1.61. The Kier molecular flexibility index (Phi) is 4.32. The van der Waals surface area contributed by atoms with Crippen LogP contribution < -0.4 is 5.32 Å². The number of nitrogens with one attached hydrogen (secondary N) is 1. The standard InChI is InChI=1S/C14H20N2O3S/c1-3-14(2,12(17)18)15-13(19)16(10-6-7-10)9-11-5-4-8-20-11/h4-5,8,10H,3,6-7,9H2,1-2H3,(H,15,19)(H,17,18). The van der Waals surface area contributed by atoms with Crippen LogP contribution in [0.1, 0.15) is 38.0 Å². The fraction of sp³-hybridized carbons (Fsp3) is 0.571. The van der Waals surface area contributed by atoms with Gasteiger partial charge in [-0.2, -0.15) is 0 Å². The first-order valence-electron chi connectivity index (χ1n) is 6.81. The van der Waals surface area contributed by atoms with Crippen LogP contribution >= 0.6 is 11.3 Å². The predicted octanol–water partition coefficient (Wildman–Crippen LogP) is 2.68. The molecular formula is C14H20N2O3S. The second kappa shape index (κ2) is 5.83. The van der Waals surface area contributed by atoms with Crippen LogP contribution in [0.3, 0.4) is 0 Å². The fourth-order valence-electron chi connectivity index (χ4n) is 1.92. The molecule has 2 rings (SSSR count). The van der Waals surface area contributed by atoms with Crippen molar-refractivity contribution in [3.63, 3.8) is 0 Å². The van der Waals surface area contributed by atoms with Crippen molar-refractivity contribution in [3.8, 4) is 0 Å². The highest BCUT2D eigenvalue weighted by molar-refractivity contribution is 7.09. The number of aliphatic carboxylic acids is 1. The zero-order valence-corrected chi connectivity index (χ0v) is 12.6. The van der Waals surface area contributed by atoms with Crippen LogP contribution in [0.15, 0.2) is 17.5 Å². The molecule has 1 fully saturated rings. The maximum atomic E-state index is 12.4. The number of carboxylic acid groups (broad SMARTS) is 1. The van der Waals surface area contributed by atoms with Crippen LogP contribution in [0.5, 0.6) is 0 Å². The Morgan fingerprint density at radius 1 is 1.55 bits per heavy atom. The number of hydrogen-bond acceptors (Lipinski definition) is 3. The zero-order chi connectivity index (χ0) is 14.8. The molecule has 0 radical (unpaired) electrons. The summed E-state index contributed by atoms with van der Waals surface area (Å²) < 4.78 is 0. The zero-order valence-electron chi connectivity index (χ0n) is 11.8. The lowest BCUT2D eigenvalue weighted by Crippen LogP contribution is -2.56. The molecular weight excluding hydrogens is 276 g/mol. The summed E-state index contributed by atoms with van der Waals surface area (Å²) in [6.45, 7) is 3.85. The average Bonchev–Trinajstić information content (AvgIpc) is 3.12. The SMILES string of the molecule is CCC(C)(NC(=O)N(Cc1cccs1)C1CC1)C(=O)O. The monoisotopic (exact) mass is 296 g/mol. The van der Waals surface area contributed by atoms with Crippen molar-refractivity contribution < 1.29 is 14.7 Å². The van der Waals surface area contributed by atoms with Crippen LogP contribution in [0.25, 0.3) is 0 Å². The van der Waals surface area contributed by atoms with Crippen LogP contribution in [0.4, 0.5) is 4.79 Å². The van der Waals surface area contributed by atoms with Gasteiger partial charge in [-0.3, -0.25) is 0 Å². The van der Waals surface area contributed by atoms with Crippen molar-refractivity contribution in [1.82, 2.24) is 10.2 Å². The van der Waals surface area contributed by atoms with Gasteiger partial charge >= 0.3 is 12.0 Å². The second-order valence-electron chi connectivity index (χ2n) is 5.36. The van der Waals surface area contributed by atoms with E-state index < -0.39 is 11.5 Å². The Morgan fingerprint density at radius 2 is 2.25 bits per heavy atom. The quantitative estimate of drug-likeness (QED) is 0.848. The van der Waals surface area contributed by atoms with E-state index in [0.29, 0.717) is 13.0 Å². The summed E-state index contributed by atoms with van der Waals surface area (Å²) in [4.78, 5) is 26.5. The van der Waals surface area contributed by atoms with Gasteiger partial charge in [0.1, 0.15) is 5.54 Å². The van der Waals surface area contributed by atoms with E-state index in [1.54, 1.807) is 30.1 Å². The van der Waals surface area contributed by atoms with E-state index >= 15 is 0 Å². The van der Waals surface area contributed by atoms with E-state index in [9.17, 15) is 14.7 Å². The lowest BCUT2D eigenvalue weighted by Gasteiger charge is -2.30. The minimum atomic E-state index is -1.21. The Morgan fingerprint density at radius 3 is 2.70 bits per heavy atom. The van der Waals surface area contributed by atoms with Gasteiger partial charge in [-0.15, -0.1) is 11.3 Å². The molecule has 1 unspecified atom stereocenters. The van der Waals surface area contributed by atoms with Gasteiger partial charge < -0.3 is 15.3 Å². The average molecular weight is 296 g/mol. The molecule has 1 heterocycles. The number of carbonyl (C=O) groups excluding carboxylic acids is 1. The molecule has 1 atom stereocenters. The molecule has 1 aromatic heterocycles. The summed E-state index contributed by atoms with van der Waals surface area (Å²) in [6, 6.07) is 3.90. The Labute approximate surface area is 122 Å². The molecule has 0 bridgehead atoms. The van der Waals surface area contributed by atoms with Gasteiger partial charge in [0.15, 0.2) is 0 Å². The van der Waals surface area contributed by atoms with E-state index in [1.165, 1.54) is 0 Å². The fourth-order valence-corrected chi connectivity index (χ4v) is 2.63. The summed E-state index contributed by atoms with van der Waals surface area (Å²) in [6.07, 6.45) is 2.34. The molecule has 0 spiro atoms. The third kappa shape index (κ3) is 3.30. The maximum Gasteiger partial charge on any atom is 0.329 e. The van der Waals surface area contributed by atoms with Gasteiger partial charge in [-0.25, -0.2) is 9.59 Å². The van der Waals surface area contributed by atoms with Gasteiger partial charge in [0, 0.05) is 10.9 Å². The first-order valence-corrected chi connectivity index (χ1v) is 7.69. The molecule has 0 aromatic carbocycles. The number of nitrogens with zero attached hydrogens (tertiary/aromatic N) is 1. The molecule has 0 saturated heterocycles. The minimum absolute atomic E-state index is 0.243. The van der Waals surface area contributed by atoms with Crippen molar-refractivity contribution in [2.45, 2.75) is 51.2 Å². The molecule has 2 N–H and O–H groups in total. The van der Waals surface area contributed by atoms with Crippen LogP contribution in [0.2, 0.25) is 0 Å². The normalized spacial score (nSPS) is 17.3. The highest BCUT2D eigenvalue weighted by atomic mass is 32.1. The summed E-state index contributed by atoms with van der Waals surface area (Å²) in [5, 5.41) is 13.9. The molecule has 0 aliphatic heterocycles. The summed E-state index contributed by atoms with van der Waals surface area (Å²) in [5.74, 6) is -1.000. The van der Waals surface area contributed by atoms with E-state index in [-0.39, 0.29) is 12.1 Å². The summed E-state index contributed by atoms with van der Waals surface area (Å²) in [5.41, 5.74) is -1.21. The number of thiophene rings is 1. The first kappa shape index (κ1) is 14.8. The maximum absolute atomic E-state index is 12.4. The Balaban J connectivity index is 2.06.